The SMILES string of the molecule is Cc1cc(C2CNNC2C2CCN(C(=O)Nc3ccccc3F)CC2)on1. The Hall–Kier alpha value is -2.45. The molecule has 3 heterocycles. The number of nitrogens with one attached hydrogen (secondary N) is 3. The lowest BCUT2D eigenvalue weighted by molar-refractivity contribution is 0.164. The van der Waals surface area contributed by atoms with E-state index in [4.69, 9.17) is 4.52 Å². The molecule has 0 bridgehead atoms. The smallest absolute Gasteiger partial charge is 0.321 e. The van der Waals surface area contributed by atoms with E-state index in [2.05, 4.69) is 21.3 Å². The molecular weight excluding hydrogens is 349 g/mol. The lowest BCUT2D eigenvalue weighted by Gasteiger charge is -2.36. The predicted octanol–water partition coefficient (Wildman–Crippen LogP) is 2.63. The van der Waals surface area contributed by atoms with Crippen LogP contribution in [0.5, 0.6) is 0 Å². The van der Waals surface area contributed by atoms with E-state index in [0.29, 0.717) is 19.0 Å². The number of nitrogens with zero attached hydrogens (tertiary/aromatic N) is 2. The molecule has 2 aromatic rings. The van der Waals surface area contributed by atoms with Crippen molar-refractivity contribution in [2.24, 2.45) is 5.92 Å². The number of benzene rings is 1. The van der Waals surface area contributed by atoms with E-state index in [1.807, 2.05) is 13.0 Å². The normalized spacial score (nSPS) is 23.6. The Morgan fingerprint density at radius 2 is 2.11 bits per heavy atom. The van der Waals surface area contributed by atoms with Gasteiger partial charge < -0.3 is 14.7 Å². The van der Waals surface area contributed by atoms with Crippen molar-refractivity contribution in [2.75, 3.05) is 25.0 Å². The van der Waals surface area contributed by atoms with E-state index in [-0.39, 0.29) is 23.7 Å². The summed E-state index contributed by atoms with van der Waals surface area (Å²) in [5.74, 6) is 1.13. The molecule has 2 atom stereocenters. The zero-order chi connectivity index (χ0) is 18.8. The molecule has 2 fully saturated rings. The molecule has 2 unspecified atom stereocenters. The number of carbonyl (C=O) groups is 1. The number of halogens is 1. The van der Waals surface area contributed by atoms with Crippen molar-refractivity contribution >= 4 is 11.7 Å². The van der Waals surface area contributed by atoms with Crippen LogP contribution in [0.2, 0.25) is 0 Å². The van der Waals surface area contributed by atoms with Crippen molar-refractivity contribution < 1.29 is 13.7 Å². The average molecular weight is 373 g/mol. The Balaban J connectivity index is 1.34. The fourth-order valence-corrected chi connectivity index (χ4v) is 4.01. The molecule has 27 heavy (non-hydrogen) atoms. The van der Waals surface area contributed by atoms with Gasteiger partial charge in [-0.25, -0.2) is 9.18 Å². The predicted molar refractivity (Wildman–Crippen MR) is 98.6 cm³/mol. The number of anilines is 1. The molecule has 7 nitrogen and oxygen atoms in total. The molecule has 4 rings (SSSR count). The molecule has 2 saturated heterocycles. The standard InChI is InChI=1S/C19H24FN5O2/c1-12-10-17(27-24-12)14-11-21-23-18(14)13-6-8-25(9-7-13)19(26)22-16-5-3-2-4-15(16)20/h2-5,10,13-14,18,21,23H,6-9,11H2,1H3,(H,22,26). The number of hydrazine groups is 1. The Morgan fingerprint density at radius 1 is 1.33 bits per heavy atom. The first-order chi connectivity index (χ1) is 13.1. The molecule has 0 aliphatic carbocycles. The van der Waals surface area contributed by atoms with Gasteiger partial charge in [-0.05, 0) is 37.8 Å². The van der Waals surface area contributed by atoms with Gasteiger partial charge in [-0.1, -0.05) is 17.3 Å². The number of para-hydroxylation sites is 1. The van der Waals surface area contributed by atoms with Crippen LogP contribution in [-0.2, 0) is 0 Å². The van der Waals surface area contributed by atoms with Crippen LogP contribution < -0.4 is 16.2 Å². The second-order valence-corrected chi connectivity index (χ2v) is 7.26. The number of likely N-dealkylation sites (tertiary alicyclic amines) is 1. The summed E-state index contributed by atoms with van der Waals surface area (Å²) in [5.41, 5.74) is 7.70. The molecule has 0 spiro atoms. The summed E-state index contributed by atoms with van der Waals surface area (Å²) in [6.45, 7) is 4.01. The molecule has 1 aromatic heterocycles. The van der Waals surface area contributed by atoms with Crippen molar-refractivity contribution in [3.63, 3.8) is 0 Å². The van der Waals surface area contributed by atoms with E-state index in [9.17, 15) is 9.18 Å². The monoisotopic (exact) mass is 373 g/mol. The maximum absolute atomic E-state index is 13.7. The number of piperidine rings is 1. The topological polar surface area (TPSA) is 82.4 Å². The maximum Gasteiger partial charge on any atom is 0.321 e. The molecule has 0 saturated carbocycles. The van der Waals surface area contributed by atoms with E-state index in [0.717, 1.165) is 30.8 Å². The third-order valence-corrected chi connectivity index (χ3v) is 5.49. The minimum absolute atomic E-state index is 0.215. The molecular formula is C19H24FN5O2. The first kappa shape index (κ1) is 17.9. The molecule has 2 amide bonds. The average Bonchev–Trinajstić information content (AvgIpc) is 3.32. The van der Waals surface area contributed by atoms with Gasteiger partial charge in [0, 0.05) is 31.7 Å². The number of rotatable bonds is 3. The van der Waals surface area contributed by atoms with Crippen LogP contribution in [0.4, 0.5) is 14.9 Å². The highest BCUT2D eigenvalue weighted by molar-refractivity contribution is 5.89. The summed E-state index contributed by atoms with van der Waals surface area (Å²) >= 11 is 0. The van der Waals surface area contributed by atoms with Gasteiger partial charge in [0.25, 0.3) is 0 Å². The number of aryl methyl sites for hydroxylation is 1. The fourth-order valence-electron chi connectivity index (χ4n) is 4.01. The fraction of sp³-hybridized carbons (Fsp3) is 0.474. The summed E-state index contributed by atoms with van der Waals surface area (Å²) in [6, 6.07) is 8.20. The quantitative estimate of drug-likeness (QED) is 0.770. The highest BCUT2D eigenvalue weighted by atomic mass is 19.1. The van der Waals surface area contributed by atoms with E-state index in [1.165, 1.54) is 6.07 Å². The molecule has 3 N–H and O–H groups in total. The van der Waals surface area contributed by atoms with Gasteiger partial charge in [-0.2, -0.15) is 0 Å². The van der Waals surface area contributed by atoms with Gasteiger partial charge >= 0.3 is 6.03 Å². The van der Waals surface area contributed by atoms with Gasteiger partial charge in [-0.15, -0.1) is 0 Å². The zero-order valence-electron chi connectivity index (χ0n) is 15.2. The number of aromatic nitrogens is 1. The Kier molecular flexibility index (Phi) is 5.09. The summed E-state index contributed by atoms with van der Waals surface area (Å²) in [7, 11) is 0. The molecule has 2 aliphatic rings. The van der Waals surface area contributed by atoms with Crippen molar-refractivity contribution in [2.45, 2.75) is 31.7 Å². The largest absolute Gasteiger partial charge is 0.361 e. The number of carbonyl (C=O) groups excluding carboxylic acids is 1. The Morgan fingerprint density at radius 3 is 2.81 bits per heavy atom. The Labute approximate surface area is 157 Å². The van der Waals surface area contributed by atoms with Crippen molar-refractivity contribution in [3.05, 3.63) is 47.6 Å². The van der Waals surface area contributed by atoms with Crippen LogP contribution in [0.3, 0.4) is 0 Å². The number of hydrogen-bond acceptors (Lipinski definition) is 5. The molecule has 8 heteroatoms. The molecule has 144 valence electrons. The highest BCUT2D eigenvalue weighted by Gasteiger charge is 2.38. The summed E-state index contributed by atoms with van der Waals surface area (Å²) in [5, 5.41) is 6.66. The summed E-state index contributed by atoms with van der Waals surface area (Å²) < 4.78 is 19.2. The first-order valence-corrected chi connectivity index (χ1v) is 9.34. The third-order valence-electron chi connectivity index (χ3n) is 5.49. The molecule has 1 aromatic carbocycles. The van der Waals surface area contributed by atoms with E-state index in [1.54, 1.807) is 23.1 Å². The van der Waals surface area contributed by atoms with Crippen molar-refractivity contribution in [3.8, 4) is 0 Å². The minimum atomic E-state index is -0.424. The van der Waals surface area contributed by atoms with Gasteiger partial charge in [0.05, 0.1) is 17.3 Å². The van der Waals surface area contributed by atoms with E-state index >= 15 is 0 Å². The minimum Gasteiger partial charge on any atom is -0.361 e. The van der Waals surface area contributed by atoms with Crippen molar-refractivity contribution in [1.29, 1.82) is 0 Å². The second kappa shape index (κ2) is 7.66. The number of urea groups is 1. The van der Waals surface area contributed by atoms with Crippen LogP contribution in [-0.4, -0.2) is 41.8 Å². The third kappa shape index (κ3) is 3.81. The van der Waals surface area contributed by atoms with Crippen LogP contribution in [0.15, 0.2) is 34.9 Å². The van der Waals surface area contributed by atoms with Crippen LogP contribution in [0.25, 0.3) is 0 Å². The molecule has 0 radical (unpaired) electrons. The molecule has 2 aliphatic heterocycles. The maximum atomic E-state index is 13.7. The first-order valence-electron chi connectivity index (χ1n) is 9.34. The van der Waals surface area contributed by atoms with Crippen LogP contribution >= 0.6 is 0 Å². The highest BCUT2D eigenvalue weighted by Crippen LogP contribution is 2.32. The Bertz CT molecular complexity index is 803. The van der Waals surface area contributed by atoms with Crippen molar-refractivity contribution in [1.82, 2.24) is 20.9 Å². The van der Waals surface area contributed by atoms with Gasteiger partial charge in [0.1, 0.15) is 11.6 Å². The second-order valence-electron chi connectivity index (χ2n) is 7.26. The van der Waals surface area contributed by atoms with Gasteiger partial charge in [-0.3, -0.25) is 10.9 Å². The summed E-state index contributed by atoms with van der Waals surface area (Å²) in [6.07, 6.45) is 1.77. The lowest BCUT2D eigenvalue weighted by atomic mass is 9.82. The number of hydrogen-bond donors (Lipinski definition) is 3. The van der Waals surface area contributed by atoms with Gasteiger partial charge in [0.15, 0.2) is 0 Å². The van der Waals surface area contributed by atoms with Crippen LogP contribution in [0, 0.1) is 18.7 Å². The van der Waals surface area contributed by atoms with E-state index < -0.39 is 5.82 Å². The van der Waals surface area contributed by atoms with Crippen LogP contribution in [0.1, 0.15) is 30.2 Å². The number of amides is 2. The summed E-state index contributed by atoms with van der Waals surface area (Å²) in [4.78, 5) is 14.2. The zero-order valence-corrected chi connectivity index (χ0v) is 15.2. The van der Waals surface area contributed by atoms with Gasteiger partial charge in [0.2, 0.25) is 0 Å². The lowest BCUT2D eigenvalue weighted by Crippen LogP contribution is -2.46.